The third kappa shape index (κ3) is 3.20. The maximum absolute atomic E-state index is 5.92. The van der Waals surface area contributed by atoms with Crippen molar-refractivity contribution in [2.45, 2.75) is 38.3 Å². The number of benzene rings is 1. The van der Waals surface area contributed by atoms with Gasteiger partial charge in [0.25, 0.3) is 0 Å². The summed E-state index contributed by atoms with van der Waals surface area (Å²) in [4.78, 5) is 4.32. The highest BCUT2D eigenvalue weighted by atomic mass is 35.5. The molecule has 0 radical (unpaired) electrons. The second-order valence-electron chi connectivity index (χ2n) is 5.61. The molecule has 0 atom stereocenters. The van der Waals surface area contributed by atoms with Crippen LogP contribution in [-0.2, 0) is 6.54 Å². The number of rotatable bonds is 4. The summed E-state index contributed by atoms with van der Waals surface area (Å²) in [5, 5.41) is 4.41. The van der Waals surface area contributed by atoms with Crippen LogP contribution in [0, 0.1) is 6.92 Å². The van der Waals surface area contributed by atoms with E-state index in [2.05, 4.69) is 34.6 Å². The Morgan fingerprint density at radius 3 is 2.55 bits per heavy atom. The fraction of sp³-hybridized carbons (Fsp3) is 0.353. The molecule has 0 amide bonds. The number of aromatic nitrogens is 1. The molecule has 1 heterocycles. The Hall–Kier alpha value is -1.38. The second kappa shape index (κ2) is 5.94. The van der Waals surface area contributed by atoms with Crippen LogP contribution in [-0.4, -0.2) is 11.0 Å². The highest BCUT2D eigenvalue weighted by molar-refractivity contribution is 6.30. The number of hydrogen-bond acceptors (Lipinski definition) is 2. The lowest BCUT2D eigenvalue weighted by molar-refractivity contribution is 0.289. The Morgan fingerprint density at radius 1 is 1.15 bits per heavy atom. The lowest BCUT2D eigenvalue weighted by Crippen LogP contribution is -2.39. The van der Waals surface area contributed by atoms with E-state index in [1.807, 2.05) is 25.3 Å². The van der Waals surface area contributed by atoms with Crippen molar-refractivity contribution in [2.75, 3.05) is 0 Å². The minimum Gasteiger partial charge on any atom is -0.310 e. The molecule has 3 heteroatoms. The third-order valence-corrected chi connectivity index (χ3v) is 4.30. The predicted octanol–water partition coefficient (Wildman–Crippen LogP) is 4.08. The lowest BCUT2D eigenvalue weighted by atomic mass is 9.76. The van der Waals surface area contributed by atoms with E-state index in [9.17, 15) is 0 Å². The van der Waals surface area contributed by atoms with Gasteiger partial charge in [0.1, 0.15) is 0 Å². The molecule has 0 bridgehead atoms. The first-order chi connectivity index (χ1) is 9.70. The van der Waals surface area contributed by atoms with Crippen molar-refractivity contribution in [3.63, 3.8) is 0 Å². The van der Waals surface area contributed by atoms with Crippen molar-refractivity contribution in [1.29, 1.82) is 0 Å². The third-order valence-electron chi connectivity index (χ3n) is 4.05. The normalized spacial score (nSPS) is 21.5. The molecule has 1 aliphatic carbocycles. The number of aryl methyl sites for hydroxylation is 1. The van der Waals surface area contributed by atoms with Gasteiger partial charge < -0.3 is 5.32 Å². The van der Waals surface area contributed by atoms with E-state index < -0.39 is 0 Å². The van der Waals surface area contributed by atoms with Gasteiger partial charge >= 0.3 is 0 Å². The molecule has 104 valence electrons. The molecule has 1 aliphatic rings. The Balaban J connectivity index is 1.46. The summed E-state index contributed by atoms with van der Waals surface area (Å²) >= 11 is 5.92. The van der Waals surface area contributed by atoms with Crippen LogP contribution in [0.3, 0.4) is 0 Å². The van der Waals surface area contributed by atoms with E-state index in [0.29, 0.717) is 12.0 Å². The largest absolute Gasteiger partial charge is 0.310 e. The first-order valence-corrected chi connectivity index (χ1v) is 7.49. The van der Waals surface area contributed by atoms with E-state index in [1.54, 1.807) is 0 Å². The smallest absolute Gasteiger partial charge is 0.0406 e. The quantitative estimate of drug-likeness (QED) is 0.916. The Labute approximate surface area is 125 Å². The topological polar surface area (TPSA) is 24.9 Å². The van der Waals surface area contributed by atoms with E-state index in [0.717, 1.165) is 17.3 Å². The van der Waals surface area contributed by atoms with Crippen molar-refractivity contribution >= 4 is 11.6 Å². The first kappa shape index (κ1) is 13.6. The van der Waals surface area contributed by atoms with Crippen LogP contribution in [0.2, 0.25) is 5.02 Å². The molecular formula is C17H19ClN2. The molecule has 1 saturated carbocycles. The van der Waals surface area contributed by atoms with E-state index in [-0.39, 0.29) is 0 Å². The van der Waals surface area contributed by atoms with Crippen LogP contribution in [0.25, 0.3) is 0 Å². The van der Waals surface area contributed by atoms with Crippen molar-refractivity contribution in [3.05, 3.63) is 64.4 Å². The van der Waals surface area contributed by atoms with Crippen molar-refractivity contribution < 1.29 is 0 Å². The number of nitrogens with zero attached hydrogens (tertiary/aromatic N) is 1. The molecule has 0 saturated heterocycles. The summed E-state index contributed by atoms with van der Waals surface area (Å²) < 4.78 is 0. The second-order valence-corrected chi connectivity index (χ2v) is 6.04. The van der Waals surface area contributed by atoms with Crippen molar-refractivity contribution in [2.24, 2.45) is 0 Å². The summed E-state index contributed by atoms with van der Waals surface area (Å²) in [6.45, 7) is 2.92. The standard InChI is InChI=1S/C17H19ClN2/c1-12-2-3-13(10-19-12)11-20-17-8-15(9-17)14-4-6-16(18)7-5-14/h2-7,10,15,17,20H,8-9,11H2,1H3. The van der Waals surface area contributed by atoms with Gasteiger partial charge in [-0.05, 0) is 55.0 Å². The van der Waals surface area contributed by atoms with Crippen molar-refractivity contribution in [1.82, 2.24) is 10.3 Å². The van der Waals surface area contributed by atoms with Crippen LogP contribution >= 0.6 is 11.6 Å². The Bertz CT molecular complexity index is 554. The van der Waals surface area contributed by atoms with Gasteiger partial charge in [0, 0.05) is 29.5 Å². The molecular weight excluding hydrogens is 268 g/mol. The van der Waals surface area contributed by atoms with Gasteiger partial charge in [0.2, 0.25) is 0 Å². The van der Waals surface area contributed by atoms with Crippen LogP contribution in [0.5, 0.6) is 0 Å². The monoisotopic (exact) mass is 286 g/mol. The van der Waals surface area contributed by atoms with Gasteiger partial charge in [-0.3, -0.25) is 4.98 Å². The summed E-state index contributed by atoms with van der Waals surface area (Å²) in [5.74, 6) is 0.681. The Kier molecular flexibility index (Phi) is 4.04. The molecule has 0 aliphatic heterocycles. The highest BCUT2D eigenvalue weighted by Crippen LogP contribution is 2.37. The molecule has 1 fully saturated rings. The number of pyridine rings is 1. The number of hydrogen-bond donors (Lipinski definition) is 1. The fourth-order valence-electron chi connectivity index (χ4n) is 2.66. The molecule has 1 aromatic carbocycles. The Morgan fingerprint density at radius 2 is 1.90 bits per heavy atom. The number of halogens is 1. The minimum atomic E-state index is 0.622. The summed E-state index contributed by atoms with van der Waals surface area (Å²) in [6, 6.07) is 13.1. The summed E-state index contributed by atoms with van der Waals surface area (Å²) in [6.07, 6.45) is 4.37. The van der Waals surface area contributed by atoms with Gasteiger partial charge in [-0.2, -0.15) is 0 Å². The zero-order valence-electron chi connectivity index (χ0n) is 11.6. The van der Waals surface area contributed by atoms with Crippen LogP contribution < -0.4 is 5.32 Å². The maximum Gasteiger partial charge on any atom is 0.0406 e. The maximum atomic E-state index is 5.92. The molecule has 0 unspecified atom stereocenters. The van der Waals surface area contributed by atoms with Gasteiger partial charge in [-0.15, -0.1) is 0 Å². The lowest BCUT2D eigenvalue weighted by Gasteiger charge is -2.36. The van der Waals surface area contributed by atoms with Crippen LogP contribution in [0.1, 0.15) is 35.6 Å². The molecule has 20 heavy (non-hydrogen) atoms. The molecule has 1 aromatic heterocycles. The van der Waals surface area contributed by atoms with Gasteiger partial charge in [-0.1, -0.05) is 29.8 Å². The van der Waals surface area contributed by atoms with E-state index in [1.165, 1.54) is 24.0 Å². The fourth-order valence-corrected chi connectivity index (χ4v) is 2.78. The van der Waals surface area contributed by atoms with E-state index >= 15 is 0 Å². The highest BCUT2D eigenvalue weighted by Gasteiger charge is 2.29. The van der Waals surface area contributed by atoms with Gasteiger partial charge in [0.05, 0.1) is 0 Å². The molecule has 3 rings (SSSR count). The first-order valence-electron chi connectivity index (χ1n) is 7.11. The molecule has 2 nitrogen and oxygen atoms in total. The number of nitrogens with one attached hydrogen (secondary N) is 1. The van der Waals surface area contributed by atoms with Crippen molar-refractivity contribution in [3.8, 4) is 0 Å². The zero-order chi connectivity index (χ0) is 13.9. The van der Waals surface area contributed by atoms with Gasteiger partial charge in [-0.25, -0.2) is 0 Å². The summed E-state index contributed by atoms with van der Waals surface area (Å²) in [5.41, 5.74) is 3.73. The molecule has 0 spiro atoms. The minimum absolute atomic E-state index is 0.622. The van der Waals surface area contributed by atoms with E-state index in [4.69, 9.17) is 11.6 Å². The molecule has 1 N–H and O–H groups in total. The average Bonchev–Trinajstić information content (AvgIpc) is 2.41. The van der Waals surface area contributed by atoms with Crippen LogP contribution in [0.15, 0.2) is 42.6 Å². The SMILES string of the molecule is Cc1ccc(CNC2CC(c3ccc(Cl)cc3)C2)cn1. The zero-order valence-corrected chi connectivity index (χ0v) is 12.4. The average molecular weight is 287 g/mol. The molecule has 2 aromatic rings. The summed E-state index contributed by atoms with van der Waals surface area (Å²) in [7, 11) is 0. The van der Waals surface area contributed by atoms with Gasteiger partial charge in [0.15, 0.2) is 0 Å². The predicted molar refractivity (Wildman–Crippen MR) is 83.0 cm³/mol. The van der Waals surface area contributed by atoms with Crippen LogP contribution in [0.4, 0.5) is 0 Å².